The molecule has 0 spiro atoms. The molecule has 0 aliphatic heterocycles. The first-order chi connectivity index (χ1) is 3.27. The van der Waals surface area contributed by atoms with Crippen LogP contribution in [0.1, 0.15) is 13.8 Å². The van der Waals surface area contributed by atoms with Gasteiger partial charge >= 0.3 is 51.4 Å². The first-order valence-electron chi connectivity index (χ1n) is 2.22. The summed E-state index contributed by atoms with van der Waals surface area (Å²) in [5, 5.41) is 0. The molecule has 0 bridgehead atoms. The van der Waals surface area contributed by atoms with E-state index in [4.69, 9.17) is 11.8 Å². The third kappa shape index (κ3) is 11.3. The van der Waals surface area contributed by atoms with Crippen molar-refractivity contribution in [1.82, 2.24) is 0 Å². The molecule has 0 aliphatic carbocycles. The van der Waals surface area contributed by atoms with Crippen LogP contribution >= 0.6 is 17.9 Å². The molecular weight excluding hydrogens is 182 g/mol. The van der Waals surface area contributed by atoms with Gasteiger partial charge in [0.25, 0.3) is 0 Å². The first kappa shape index (κ1) is 13.1. The summed E-state index contributed by atoms with van der Waals surface area (Å²) in [4.78, 5) is 0. The summed E-state index contributed by atoms with van der Waals surface area (Å²) in [7, 11) is 0. The van der Waals surface area contributed by atoms with Gasteiger partial charge < -0.3 is 0 Å². The van der Waals surface area contributed by atoms with Crippen molar-refractivity contribution in [2.45, 2.75) is 13.8 Å². The molecule has 0 rings (SSSR count). The molecule has 44 valence electrons. The Labute approximate surface area is 105 Å². The van der Waals surface area contributed by atoms with Crippen LogP contribution in [0.2, 0.25) is 0 Å². The van der Waals surface area contributed by atoms with Crippen molar-refractivity contribution in [2.75, 3.05) is 5.75 Å². The third-order valence-electron chi connectivity index (χ3n) is 0.461. The van der Waals surface area contributed by atoms with E-state index in [1.165, 1.54) is 5.75 Å². The molecule has 0 heterocycles. The van der Waals surface area contributed by atoms with Crippen molar-refractivity contribution < 1.29 is 0 Å². The summed E-state index contributed by atoms with van der Waals surface area (Å²) in [6, 6.07) is 0. The SMILES string of the molecule is CC(C)CSP=S.[KH]. The zero-order valence-electron chi connectivity index (χ0n) is 4.55. The van der Waals surface area contributed by atoms with Gasteiger partial charge in [-0.15, -0.1) is 0 Å². The van der Waals surface area contributed by atoms with Crippen LogP contribution in [0.5, 0.6) is 0 Å². The van der Waals surface area contributed by atoms with Crippen molar-refractivity contribution in [3.8, 4) is 0 Å². The van der Waals surface area contributed by atoms with Crippen molar-refractivity contribution >= 4 is 81.1 Å². The molecule has 0 saturated carbocycles. The van der Waals surface area contributed by atoms with Crippen LogP contribution in [-0.2, 0) is 11.8 Å². The maximum absolute atomic E-state index is 4.71. The Balaban J connectivity index is 0. The zero-order chi connectivity index (χ0) is 5.70. The van der Waals surface area contributed by atoms with Gasteiger partial charge in [-0.05, 0) is 17.7 Å². The molecule has 0 unspecified atom stereocenters. The normalized spacial score (nSPS) is 9.38. The molecule has 0 radical (unpaired) electrons. The van der Waals surface area contributed by atoms with Gasteiger partial charge in [0, 0.05) is 12.3 Å². The Morgan fingerprint density at radius 3 is 2.25 bits per heavy atom. The molecule has 0 aromatic carbocycles. The minimum atomic E-state index is 0. The molecule has 0 atom stereocenters. The topological polar surface area (TPSA) is 0 Å². The average molecular weight is 192 g/mol. The monoisotopic (exact) mass is 192 g/mol. The second kappa shape index (κ2) is 9.51. The first-order valence-corrected chi connectivity index (χ1v) is 5.72. The molecule has 0 aliphatic rings. The van der Waals surface area contributed by atoms with Gasteiger partial charge in [0.15, 0.2) is 0 Å². The van der Waals surface area contributed by atoms with Crippen molar-refractivity contribution in [3.05, 3.63) is 0 Å². The van der Waals surface area contributed by atoms with Crippen molar-refractivity contribution in [2.24, 2.45) is 5.92 Å². The Morgan fingerprint density at radius 1 is 1.62 bits per heavy atom. The van der Waals surface area contributed by atoms with Crippen LogP contribution in [0.4, 0.5) is 0 Å². The van der Waals surface area contributed by atoms with Crippen LogP contribution in [0.15, 0.2) is 0 Å². The average Bonchev–Trinajstić information content (AvgIpc) is 1.61. The van der Waals surface area contributed by atoms with E-state index in [-0.39, 0.29) is 51.4 Å². The zero-order valence-corrected chi connectivity index (χ0v) is 7.08. The van der Waals surface area contributed by atoms with Crippen LogP contribution in [0.25, 0.3) is 0 Å². The fraction of sp³-hybridized carbons (Fsp3) is 1.00. The summed E-state index contributed by atoms with van der Waals surface area (Å²) < 4.78 is 0. The van der Waals surface area contributed by atoms with E-state index < -0.39 is 0 Å². The Kier molecular flexibility index (Phi) is 15.6. The van der Waals surface area contributed by atoms with Gasteiger partial charge in [0.1, 0.15) is 0 Å². The molecule has 0 nitrogen and oxygen atoms in total. The molecule has 4 heteroatoms. The van der Waals surface area contributed by atoms with E-state index in [0.717, 1.165) is 12.5 Å². The molecule has 0 amide bonds. The summed E-state index contributed by atoms with van der Waals surface area (Å²) >= 11 is 6.51. The van der Waals surface area contributed by atoms with Crippen molar-refractivity contribution in [1.29, 1.82) is 0 Å². The second-order valence-electron chi connectivity index (χ2n) is 1.76. The Morgan fingerprint density at radius 2 is 2.12 bits per heavy atom. The van der Waals surface area contributed by atoms with Crippen LogP contribution in [-0.4, -0.2) is 57.1 Å². The Hall–Kier alpha value is 2.51. The number of hydrogen-bond donors (Lipinski definition) is 0. The number of hydrogen-bond acceptors (Lipinski definition) is 2. The van der Waals surface area contributed by atoms with Gasteiger partial charge in [-0.1, -0.05) is 25.2 Å². The van der Waals surface area contributed by atoms with Crippen LogP contribution < -0.4 is 0 Å². The van der Waals surface area contributed by atoms with Gasteiger partial charge in [-0.2, -0.15) is 0 Å². The van der Waals surface area contributed by atoms with Crippen LogP contribution in [0, 0.1) is 5.92 Å². The van der Waals surface area contributed by atoms with Gasteiger partial charge in [0.05, 0.1) is 0 Å². The van der Waals surface area contributed by atoms with Gasteiger partial charge in [-0.3, -0.25) is 0 Å². The third-order valence-corrected chi connectivity index (χ3v) is 3.09. The van der Waals surface area contributed by atoms with Gasteiger partial charge in [0.2, 0.25) is 0 Å². The maximum atomic E-state index is 4.71. The van der Waals surface area contributed by atoms with E-state index in [9.17, 15) is 0 Å². The van der Waals surface area contributed by atoms with E-state index in [1.54, 1.807) is 11.4 Å². The predicted octanol–water partition coefficient (Wildman–Crippen LogP) is 2.05. The second-order valence-corrected chi connectivity index (χ2v) is 5.07. The van der Waals surface area contributed by atoms with E-state index in [2.05, 4.69) is 13.8 Å². The molecule has 0 aromatic rings. The Bertz CT molecular complexity index is 58.0. The van der Waals surface area contributed by atoms with E-state index >= 15 is 0 Å². The van der Waals surface area contributed by atoms with E-state index in [1.807, 2.05) is 0 Å². The predicted molar refractivity (Wildman–Crippen MR) is 48.7 cm³/mol. The molecule has 8 heavy (non-hydrogen) atoms. The molecule has 0 N–H and O–H groups in total. The fourth-order valence-electron chi connectivity index (χ4n) is 0.180. The minimum absolute atomic E-state index is 0. The quantitative estimate of drug-likeness (QED) is 0.496. The molecular formula is C4H10KPS2. The summed E-state index contributed by atoms with van der Waals surface area (Å²) in [6.45, 7) is 5.44. The molecule has 0 saturated heterocycles. The van der Waals surface area contributed by atoms with Gasteiger partial charge in [-0.25, -0.2) is 0 Å². The van der Waals surface area contributed by atoms with Crippen LogP contribution in [0.3, 0.4) is 0 Å². The molecule has 0 aromatic heterocycles. The standard InChI is InChI=1S/C4H9PS2.K.H/c1-4(2)3-7-5-6;;/h4H,3H2,1-2H3;;. The summed E-state index contributed by atoms with van der Waals surface area (Å²) in [5.74, 6) is 1.99. The molecule has 0 fully saturated rings. The summed E-state index contributed by atoms with van der Waals surface area (Å²) in [5.41, 5.74) is 0. The summed E-state index contributed by atoms with van der Waals surface area (Å²) in [6.07, 6.45) is 0. The number of rotatable bonds is 3. The van der Waals surface area contributed by atoms with Crippen molar-refractivity contribution in [3.63, 3.8) is 0 Å². The van der Waals surface area contributed by atoms with E-state index in [0.29, 0.717) is 0 Å². The fourth-order valence-corrected chi connectivity index (χ4v) is 2.16.